The molecule has 2 aromatic rings. The fraction of sp³-hybridized carbons (Fsp3) is 0.545. The van der Waals surface area contributed by atoms with Crippen molar-refractivity contribution in [2.75, 3.05) is 12.3 Å². The first-order valence-corrected chi connectivity index (χ1v) is 12.4. The Morgan fingerprint density at radius 1 is 1.07 bits per heavy atom. The maximum Gasteiger partial charge on any atom is 0.238 e. The van der Waals surface area contributed by atoms with Gasteiger partial charge in [-0.15, -0.1) is 0 Å². The van der Waals surface area contributed by atoms with Crippen molar-refractivity contribution in [1.82, 2.24) is 14.5 Å². The molecule has 0 radical (unpaired) electrons. The topological polar surface area (TPSA) is 72.3 Å². The normalized spacial score (nSPS) is 22.3. The number of piperidine rings is 1. The molecule has 2 heterocycles. The van der Waals surface area contributed by atoms with E-state index in [2.05, 4.69) is 4.98 Å². The third-order valence-electron chi connectivity index (χ3n) is 6.25. The highest BCUT2D eigenvalue weighted by Crippen LogP contribution is 2.35. The first-order valence-electron chi connectivity index (χ1n) is 10.6. The molecule has 0 bridgehead atoms. The lowest BCUT2D eigenvalue weighted by molar-refractivity contribution is -0.134. The monoisotopic (exact) mass is 415 g/mol. The van der Waals surface area contributed by atoms with Crippen LogP contribution in [0.5, 0.6) is 0 Å². The van der Waals surface area contributed by atoms with Crippen LogP contribution in [0.15, 0.2) is 42.7 Å². The number of hydrogen-bond donors (Lipinski definition) is 0. The maximum absolute atomic E-state index is 12.9. The molecule has 1 aromatic heterocycles. The number of benzene rings is 1. The second-order valence-corrected chi connectivity index (χ2v) is 10.4. The molecule has 1 aromatic carbocycles. The number of hydrogen-bond acceptors (Lipinski definition) is 4. The van der Waals surface area contributed by atoms with Gasteiger partial charge in [-0.1, -0.05) is 43.2 Å². The van der Waals surface area contributed by atoms with Gasteiger partial charge in [0.1, 0.15) is 17.3 Å². The van der Waals surface area contributed by atoms with Crippen molar-refractivity contribution in [3.05, 3.63) is 54.1 Å². The molecule has 2 fully saturated rings. The number of nitrogens with zero attached hydrogens (tertiary/aromatic N) is 3. The highest BCUT2D eigenvalue weighted by atomic mass is 32.2. The second kappa shape index (κ2) is 8.69. The molecule has 2 atom stereocenters. The van der Waals surface area contributed by atoms with Gasteiger partial charge in [-0.05, 0) is 37.2 Å². The molecule has 2 aliphatic rings. The standard InChI is InChI=1S/C22H29N3O3S/c26-22(25-13-6-10-19-9-4-5-11-20(19)25)17-29(27,28)16-21-23-12-14-24(21)15-18-7-2-1-3-8-18/h1-3,7-8,12,14,19-20H,4-6,9-11,13,15-17H2. The van der Waals surface area contributed by atoms with Gasteiger partial charge in [0, 0.05) is 31.5 Å². The van der Waals surface area contributed by atoms with Crippen molar-refractivity contribution in [1.29, 1.82) is 0 Å². The van der Waals surface area contributed by atoms with Crippen molar-refractivity contribution >= 4 is 15.7 Å². The number of fused-ring (bicyclic) bond motifs is 1. The lowest BCUT2D eigenvalue weighted by Gasteiger charge is -2.44. The zero-order chi connectivity index (χ0) is 20.3. The minimum absolute atomic E-state index is 0.208. The average Bonchev–Trinajstić information content (AvgIpc) is 3.13. The predicted molar refractivity (Wildman–Crippen MR) is 112 cm³/mol. The molecule has 1 aliphatic heterocycles. The maximum atomic E-state index is 12.9. The molecule has 4 rings (SSSR count). The van der Waals surface area contributed by atoms with Crippen LogP contribution >= 0.6 is 0 Å². The number of carbonyl (C=O) groups excluding carboxylic acids is 1. The molecular weight excluding hydrogens is 386 g/mol. The summed E-state index contributed by atoms with van der Waals surface area (Å²) in [6.45, 7) is 1.26. The Hall–Kier alpha value is -2.15. The molecule has 0 spiro atoms. The summed E-state index contributed by atoms with van der Waals surface area (Å²) in [7, 11) is -3.58. The van der Waals surface area contributed by atoms with Gasteiger partial charge >= 0.3 is 0 Å². The van der Waals surface area contributed by atoms with Crippen LogP contribution in [0.1, 0.15) is 49.9 Å². The van der Waals surface area contributed by atoms with E-state index < -0.39 is 15.6 Å². The predicted octanol–water partition coefficient (Wildman–Crippen LogP) is 3.03. The molecule has 2 unspecified atom stereocenters. The summed E-state index contributed by atoms with van der Waals surface area (Å²) in [5.74, 6) is 0.169. The second-order valence-electron chi connectivity index (χ2n) is 8.33. The summed E-state index contributed by atoms with van der Waals surface area (Å²) >= 11 is 0. The quantitative estimate of drug-likeness (QED) is 0.727. The van der Waals surface area contributed by atoms with Gasteiger partial charge in [0.2, 0.25) is 5.91 Å². The molecule has 1 saturated heterocycles. The Kier molecular flexibility index (Phi) is 6.04. The fourth-order valence-electron chi connectivity index (χ4n) is 4.86. The SMILES string of the molecule is O=C(CS(=O)(=O)Cc1nccn1Cc1ccccc1)N1CCCC2CCCCC21. The van der Waals surface area contributed by atoms with Gasteiger partial charge in [0.05, 0.1) is 0 Å². The molecule has 156 valence electrons. The molecule has 1 amide bonds. The Bertz CT molecular complexity index is 937. The van der Waals surface area contributed by atoms with E-state index in [1.165, 1.54) is 6.42 Å². The smallest absolute Gasteiger partial charge is 0.238 e. The highest BCUT2D eigenvalue weighted by Gasteiger charge is 2.37. The van der Waals surface area contributed by atoms with Crippen LogP contribution in [0.4, 0.5) is 0 Å². The highest BCUT2D eigenvalue weighted by molar-refractivity contribution is 7.91. The third kappa shape index (κ3) is 4.89. The summed E-state index contributed by atoms with van der Waals surface area (Å²) in [5.41, 5.74) is 1.08. The minimum atomic E-state index is -3.58. The first kappa shape index (κ1) is 20.1. The van der Waals surface area contributed by atoms with E-state index in [1.807, 2.05) is 39.8 Å². The van der Waals surface area contributed by atoms with E-state index in [-0.39, 0.29) is 17.7 Å². The zero-order valence-corrected chi connectivity index (χ0v) is 17.6. The van der Waals surface area contributed by atoms with Gasteiger partial charge in [0.25, 0.3) is 0 Å². The minimum Gasteiger partial charge on any atom is -0.339 e. The van der Waals surface area contributed by atoms with Gasteiger partial charge in [-0.2, -0.15) is 0 Å². The summed E-state index contributed by atoms with van der Waals surface area (Å²) in [6, 6.07) is 10.1. The molecule has 6 nitrogen and oxygen atoms in total. The van der Waals surface area contributed by atoms with Crippen molar-refractivity contribution in [2.45, 2.75) is 56.9 Å². The van der Waals surface area contributed by atoms with E-state index >= 15 is 0 Å². The Labute approximate surface area is 172 Å². The number of carbonyl (C=O) groups is 1. The molecule has 0 N–H and O–H groups in total. The average molecular weight is 416 g/mol. The van der Waals surface area contributed by atoms with E-state index in [1.54, 1.807) is 12.4 Å². The Balaban J connectivity index is 1.42. The summed E-state index contributed by atoms with van der Waals surface area (Å²) < 4.78 is 27.5. The van der Waals surface area contributed by atoms with Crippen molar-refractivity contribution in [3.8, 4) is 0 Å². The molecular formula is C22H29N3O3S. The summed E-state index contributed by atoms with van der Waals surface area (Å²) in [5, 5.41) is 0. The molecule has 1 saturated carbocycles. The lowest BCUT2D eigenvalue weighted by atomic mass is 9.78. The zero-order valence-electron chi connectivity index (χ0n) is 16.7. The number of aromatic nitrogens is 2. The summed E-state index contributed by atoms with van der Waals surface area (Å²) in [6.07, 6.45) is 10.1. The van der Waals surface area contributed by atoms with Crippen LogP contribution in [0, 0.1) is 5.92 Å². The van der Waals surface area contributed by atoms with E-state index in [0.717, 1.165) is 37.7 Å². The van der Waals surface area contributed by atoms with E-state index in [4.69, 9.17) is 0 Å². The first-order chi connectivity index (χ1) is 14.0. The van der Waals surface area contributed by atoms with E-state index in [9.17, 15) is 13.2 Å². The fourth-order valence-corrected chi connectivity index (χ4v) is 6.14. The van der Waals surface area contributed by atoms with Crippen molar-refractivity contribution < 1.29 is 13.2 Å². The third-order valence-corrected chi connectivity index (χ3v) is 7.64. The van der Waals surface area contributed by atoms with Crippen LogP contribution in [-0.2, 0) is 26.9 Å². The molecule has 29 heavy (non-hydrogen) atoms. The number of rotatable bonds is 6. The van der Waals surface area contributed by atoms with Crippen LogP contribution in [-0.4, -0.2) is 47.1 Å². The summed E-state index contributed by atoms with van der Waals surface area (Å²) in [4.78, 5) is 19.0. The number of likely N-dealkylation sites (tertiary alicyclic amines) is 1. The number of sulfone groups is 1. The Morgan fingerprint density at radius 3 is 2.66 bits per heavy atom. The lowest BCUT2D eigenvalue weighted by Crippen LogP contribution is -2.51. The largest absolute Gasteiger partial charge is 0.339 e. The van der Waals surface area contributed by atoms with Gasteiger partial charge in [0.15, 0.2) is 9.84 Å². The number of imidazole rings is 1. The van der Waals surface area contributed by atoms with Crippen molar-refractivity contribution in [2.24, 2.45) is 5.92 Å². The van der Waals surface area contributed by atoms with Gasteiger partial charge in [-0.25, -0.2) is 13.4 Å². The number of amides is 1. The molecule has 7 heteroatoms. The van der Waals surface area contributed by atoms with Crippen molar-refractivity contribution in [3.63, 3.8) is 0 Å². The molecule has 1 aliphatic carbocycles. The van der Waals surface area contributed by atoms with Crippen LogP contribution in [0.3, 0.4) is 0 Å². The van der Waals surface area contributed by atoms with Gasteiger partial charge in [-0.3, -0.25) is 4.79 Å². The van der Waals surface area contributed by atoms with Crippen LogP contribution in [0.2, 0.25) is 0 Å². The van der Waals surface area contributed by atoms with Gasteiger partial charge < -0.3 is 9.47 Å². The Morgan fingerprint density at radius 2 is 1.83 bits per heavy atom. The van der Waals surface area contributed by atoms with Crippen LogP contribution < -0.4 is 0 Å². The van der Waals surface area contributed by atoms with E-state index in [0.29, 0.717) is 24.8 Å². The van der Waals surface area contributed by atoms with Crippen LogP contribution in [0.25, 0.3) is 0 Å².